The van der Waals surface area contributed by atoms with Crippen LogP contribution in [0, 0.1) is 0 Å². The van der Waals surface area contributed by atoms with Gasteiger partial charge in [-0.05, 0) is 23.8 Å². The summed E-state index contributed by atoms with van der Waals surface area (Å²) in [6.45, 7) is 0. The van der Waals surface area contributed by atoms with E-state index in [0.29, 0.717) is 12.0 Å². The van der Waals surface area contributed by atoms with Crippen molar-refractivity contribution in [2.45, 2.75) is 12.6 Å². The maximum atomic E-state index is 12.8. The van der Waals surface area contributed by atoms with E-state index in [2.05, 4.69) is 4.98 Å². The van der Waals surface area contributed by atoms with E-state index in [4.69, 9.17) is 0 Å². The summed E-state index contributed by atoms with van der Waals surface area (Å²) >= 11 is 0. The largest absolute Gasteiger partial charge is 0.416 e. The highest BCUT2D eigenvalue weighted by molar-refractivity contribution is 5.86. The fourth-order valence-corrected chi connectivity index (χ4v) is 2.93. The average molecular weight is 326 g/mol. The van der Waals surface area contributed by atoms with E-state index >= 15 is 0 Å². The molecule has 5 heteroatoms. The molecule has 2 aromatic heterocycles. The molecule has 0 bridgehead atoms. The summed E-state index contributed by atoms with van der Waals surface area (Å²) in [5.41, 5.74) is 2.70. The number of hydrogen-bond donors (Lipinski definition) is 0. The molecule has 4 rings (SSSR count). The molecule has 4 aromatic rings. The Balaban J connectivity index is 1.73. The van der Waals surface area contributed by atoms with E-state index in [0.717, 1.165) is 28.2 Å². The quantitative estimate of drug-likeness (QED) is 0.501. The SMILES string of the molecule is FC(F)(F)c1cccc(Cc2cn3c(cn2)cc2ccccc23)c1. The van der Waals surface area contributed by atoms with Crippen molar-refractivity contribution in [1.82, 2.24) is 9.38 Å². The van der Waals surface area contributed by atoms with Gasteiger partial charge in [-0.3, -0.25) is 4.98 Å². The molecule has 0 fully saturated rings. The van der Waals surface area contributed by atoms with Gasteiger partial charge >= 0.3 is 6.18 Å². The molecule has 24 heavy (non-hydrogen) atoms. The molecule has 0 aliphatic heterocycles. The fourth-order valence-electron chi connectivity index (χ4n) is 2.93. The monoisotopic (exact) mass is 326 g/mol. The van der Waals surface area contributed by atoms with Gasteiger partial charge in [0.25, 0.3) is 0 Å². The molecule has 0 radical (unpaired) electrons. The molecule has 2 heterocycles. The van der Waals surface area contributed by atoms with Crippen LogP contribution in [-0.4, -0.2) is 9.38 Å². The highest BCUT2D eigenvalue weighted by Gasteiger charge is 2.30. The van der Waals surface area contributed by atoms with Gasteiger partial charge in [0, 0.05) is 18.0 Å². The summed E-state index contributed by atoms with van der Waals surface area (Å²) in [5.74, 6) is 0. The van der Waals surface area contributed by atoms with Crippen molar-refractivity contribution in [3.63, 3.8) is 0 Å². The number of aromatic nitrogens is 2. The molecule has 0 aliphatic carbocycles. The van der Waals surface area contributed by atoms with Gasteiger partial charge in [0.2, 0.25) is 0 Å². The van der Waals surface area contributed by atoms with E-state index in [1.54, 1.807) is 12.3 Å². The van der Waals surface area contributed by atoms with Crippen molar-refractivity contribution < 1.29 is 13.2 Å². The van der Waals surface area contributed by atoms with E-state index in [-0.39, 0.29) is 0 Å². The van der Waals surface area contributed by atoms with Crippen LogP contribution in [0.5, 0.6) is 0 Å². The zero-order valence-electron chi connectivity index (χ0n) is 12.6. The standard InChI is InChI=1S/C19H13F3N2/c20-19(21,22)15-6-3-4-13(8-15)9-16-12-24-17(11-23-16)10-14-5-1-2-7-18(14)24/h1-8,10-12H,9H2. The van der Waals surface area contributed by atoms with Gasteiger partial charge < -0.3 is 4.40 Å². The Labute approximate surface area is 136 Å². The lowest BCUT2D eigenvalue weighted by Crippen LogP contribution is -2.05. The molecular weight excluding hydrogens is 313 g/mol. The number of halogens is 3. The van der Waals surface area contributed by atoms with Gasteiger partial charge in [-0.1, -0.05) is 36.4 Å². The first-order valence-corrected chi connectivity index (χ1v) is 7.51. The normalized spacial score (nSPS) is 12.1. The molecule has 0 spiro atoms. The number of benzene rings is 2. The van der Waals surface area contributed by atoms with E-state index in [1.165, 1.54) is 12.1 Å². The smallest absolute Gasteiger partial charge is 0.313 e. The lowest BCUT2D eigenvalue weighted by Gasteiger charge is -2.09. The topological polar surface area (TPSA) is 17.3 Å². The first-order chi connectivity index (χ1) is 11.5. The Morgan fingerprint density at radius 2 is 1.79 bits per heavy atom. The third-order valence-electron chi connectivity index (χ3n) is 4.06. The summed E-state index contributed by atoms with van der Waals surface area (Å²) < 4.78 is 40.5. The minimum atomic E-state index is -4.33. The molecule has 0 saturated heterocycles. The van der Waals surface area contributed by atoms with Gasteiger partial charge in [0.05, 0.1) is 28.5 Å². The fraction of sp³-hybridized carbons (Fsp3) is 0.105. The van der Waals surface area contributed by atoms with Crippen LogP contribution >= 0.6 is 0 Å². The first kappa shape index (κ1) is 14.8. The summed E-state index contributed by atoms with van der Waals surface area (Å²) in [7, 11) is 0. The molecule has 2 nitrogen and oxygen atoms in total. The van der Waals surface area contributed by atoms with Crippen LogP contribution < -0.4 is 0 Å². The van der Waals surface area contributed by atoms with Crippen LogP contribution in [0.15, 0.2) is 67.0 Å². The van der Waals surface area contributed by atoms with Crippen LogP contribution in [0.1, 0.15) is 16.8 Å². The second-order valence-electron chi connectivity index (χ2n) is 5.75. The Morgan fingerprint density at radius 1 is 0.958 bits per heavy atom. The number of alkyl halides is 3. The van der Waals surface area contributed by atoms with Crippen molar-refractivity contribution in [2.75, 3.05) is 0 Å². The summed E-state index contributed by atoms with van der Waals surface area (Å²) in [6, 6.07) is 15.4. The maximum Gasteiger partial charge on any atom is 0.416 e. The number of fused-ring (bicyclic) bond motifs is 3. The Bertz CT molecular complexity index is 1030. The van der Waals surface area contributed by atoms with Crippen LogP contribution in [0.2, 0.25) is 0 Å². The number of para-hydroxylation sites is 1. The Hall–Kier alpha value is -2.82. The number of hydrogen-bond acceptors (Lipinski definition) is 1. The van der Waals surface area contributed by atoms with E-state index < -0.39 is 11.7 Å². The summed E-state index contributed by atoms with van der Waals surface area (Å²) in [6.07, 6.45) is -0.336. The lowest BCUT2D eigenvalue weighted by atomic mass is 10.1. The zero-order valence-corrected chi connectivity index (χ0v) is 12.6. The van der Waals surface area contributed by atoms with Crippen LogP contribution in [0.4, 0.5) is 13.2 Å². The van der Waals surface area contributed by atoms with Crippen LogP contribution in [0.25, 0.3) is 16.4 Å². The minimum Gasteiger partial charge on any atom is -0.313 e. The highest BCUT2D eigenvalue weighted by atomic mass is 19.4. The third-order valence-corrected chi connectivity index (χ3v) is 4.06. The molecule has 0 N–H and O–H groups in total. The second kappa shape index (κ2) is 5.37. The van der Waals surface area contributed by atoms with Crippen molar-refractivity contribution in [3.05, 3.63) is 83.8 Å². The van der Waals surface area contributed by atoms with Gasteiger partial charge in [0.15, 0.2) is 0 Å². The Kier molecular flexibility index (Phi) is 3.30. The lowest BCUT2D eigenvalue weighted by molar-refractivity contribution is -0.137. The van der Waals surface area contributed by atoms with Gasteiger partial charge in [-0.25, -0.2) is 0 Å². The second-order valence-corrected chi connectivity index (χ2v) is 5.75. The van der Waals surface area contributed by atoms with E-state index in [9.17, 15) is 13.2 Å². The highest BCUT2D eigenvalue weighted by Crippen LogP contribution is 2.30. The number of nitrogens with zero attached hydrogens (tertiary/aromatic N) is 2. The first-order valence-electron chi connectivity index (χ1n) is 7.51. The van der Waals surface area contributed by atoms with Crippen molar-refractivity contribution in [1.29, 1.82) is 0 Å². The molecule has 0 unspecified atom stereocenters. The zero-order chi connectivity index (χ0) is 16.7. The third kappa shape index (κ3) is 2.62. The van der Waals surface area contributed by atoms with E-state index in [1.807, 2.05) is 40.9 Å². The van der Waals surface area contributed by atoms with Crippen LogP contribution in [-0.2, 0) is 12.6 Å². The molecular formula is C19H13F3N2. The predicted octanol–water partition coefficient (Wildman–Crippen LogP) is 5.10. The van der Waals surface area contributed by atoms with Crippen LogP contribution in [0.3, 0.4) is 0 Å². The van der Waals surface area contributed by atoms with Gasteiger partial charge in [-0.2, -0.15) is 13.2 Å². The molecule has 0 amide bonds. The van der Waals surface area contributed by atoms with Crippen molar-refractivity contribution in [2.24, 2.45) is 0 Å². The summed E-state index contributed by atoms with van der Waals surface area (Å²) in [5, 5.41) is 1.11. The van der Waals surface area contributed by atoms with Crippen molar-refractivity contribution >= 4 is 16.4 Å². The Morgan fingerprint density at radius 3 is 2.62 bits per heavy atom. The average Bonchev–Trinajstić information content (AvgIpc) is 2.92. The number of rotatable bonds is 2. The van der Waals surface area contributed by atoms with Crippen molar-refractivity contribution in [3.8, 4) is 0 Å². The maximum absolute atomic E-state index is 12.8. The van der Waals surface area contributed by atoms with Gasteiger partial charge in [0.1, 0.15) is 0 Å². The predicted molar refractivity (Wildman–Crippen MR) is 86.9 cm³/mol. The molecule has 2 aromatic carbocycles. The molecule has 120 valence electrons. The molecule has 0 saturated carbocycles. The molecule has 0 aliphatic rings. The minimum absolute atomic E-state index is 0.354. The molecule has 0 atom stereocenters. The summed E-state index contributed by atoms with van der Waals surface area (Å²) in [4.78, 5) is 4.39. The van der Waals surface area contributed by atoms with Gasteiger partial charge in [-0.15, -0.1) is 0 Å².